The third-order valence-electron chi connectivity index (χ3n) is 1.26. The molecule has 3 nitrogen and oxygen atoms in total. The zero-order valence-electron chi connectivity index (χ0n) is 7.07. The van der Waals surface area contributed by atoms with E-state index in [-0.39, 0.29) is 6.09 Å². The summed E-state index contributed by atoms with van der Waals surface area (Å²) >= 11 is 0. The van der Waals surface area contributed by atoms with Crippen LogP contribution in [0.3, 0.4) is 0 Å². The number of hydrogen-bond acceptors (Lipinski definition) is 2. The first-order valence-electron chi connectivity index (χ1n) is 3.55. The fourth-order valence-electron chi connectivity index (χ4n) is 0.632. The highest BCUT2D eigenvalue weighted by Gasteiger charge is 2.04. The quantitative estimate of drug-likeness (QED) is 0.630. The molecule has 63 valence electrons. The van der Waals surface area contributed by atoms with Gasteiger partial charge in [0.05, 0.1) is 0 Å². The normalized spacial score (nSPS) is 9.17. The van der Waals surface area contributed by atoms with Gasteiger partial charge in [-0.1, -0.05) is 12.1 Å². The average Bonchev–Trinajstić information content (AvgIpc) is 2.06. The zero-order valence-corrected chi connectivity index (χ0v) is 7.07. The first kappa shape index (κ1) is 8.59. The predicted molar refractivity (Wildman–Crippen MR) is 45.0 cm³/mol. The SMILES string of the molecule is CN(C)C(=O)Oc1cc[c]cc1. The molecule has 1 rings (SSSR count). The van der Waals surface area contributed by atoms with Gasteiger partial charge >= 0.3 is 6.09 Å². The van der Waals surface area contributed by atoms with Crippen LogP contribution >= 0.6 is 0 Å². The van der Waals surface area contributed by atoms with E-state index in [1.54, 1.807) is 38.4 Å². The van der Waals surface area contributed by atoms with E-state index < -0.39 is 0 Å². The lowest BCUT2D eigenvalue weighted by Gasteiger charge is -2.09. The molecular weight excluding hydrogens is 154 g/mol. The molecule has 12 heavy (non-hydrogen) atoms. The Morgan fingerprint density at radius 1 is 1.42 bits per heavy atom. The molecule has 0 aliphatic heterocycles. The second-order valence-electron chi connectivity index (χ2n) is 2.50. The van der Waals surface area contributed by atoms with Crippen molar-refractivity contribution in [1.82, 2.24) is 4.90 Å². The molecule has 3 heteroatoms. The third-order valence-corrected chi connectivity index (χ3v) is 1.26. The topological polar surface area (TPSA) is 29.5 Å². The fourth-order valence-corrected chi connectivity index (χ4v) is 0.632. The van der Waals surface area contributed by atoms with Gasteiger partial charge in [0.1, 0.15) is 5.75 Å². The van der Waals surface area contributed by atoms with Crippen LogP contribution in [0.5, 0.6) is 5.75 Å². The van der Waals surface area contributed by atoms with Gasteiger partial charge in [-0.05, 0) is 18.2 Å². The molecular formula is C9H10NO2. The lowest BCUT2D eigenvalue weighted by Crippen LogP contribution is -2.25. The van der Waals surface area contributed by atoms with Gasteiger partial charge in [0.2, 0.25) is 0 Å². The first-order valence-corrected chi connectivity index (χ1v) is 3.55. The lowest BCUT2D eigenvalue weighted by atomic mass is 10.3. The van der Waals surface area contributed by atoms with Crippen molar-refractivity contribution < 1.29 is 9.53 Å². The van der Waals surface area contributed by atoms with E-state index in [9.17, 15) is 4.79 Å². The average molecular weight is 164 g/mol. The van der Waals surface area contributed by atoms with Crippen LogP contribution < -0.4 is 4.74 Å². The minimum atomic E-state index is -0.374. The van der Waals surface area contributed by atoms with Crippen molar-refractivity contribution >= 4 is 6.09 Å². The zero-order chi connectivity index (χ0) is 8.97. The Kier molecular flexibility index (Phi) is 2.69. The van der Waals surface area contributed by atoms with Crippen LogP contribution in [0.25, 0.3) is 0 Å². The number of carbonyl (C=O) groups is 1. The number of nitrogens with zero attached hydrogens (tertiary/aromatic N) is 1. The lowest BCUT2D eigenvalue weighted by molar-refractivity contribution is 0.172. The second kappa shape index (κ2) is 3.76. The van der Waals surface area contributed by atoms with Gasteiger partial charge in [-0.2, -0.15) is 0 Å². The molecule has 0 saturated heterocycles. The summed E-state index contributed by atoms with van der Waals surface area (Å²) in [6, 6.07) is 9.58. The number of rotatable bonds is 1. The Morgan fingerprint density at radius 3 is 2.50 bits per heavy atom. The number of ether oxygens (including phenoxy) is 1. The standard InChI is InChI=1S/C9H10NO2/c1-10(2)9(11)12-8-6-4-3-5-7-8/h4-7H,1-2H3. The van der Waals surface area contributed by atoms with Crippen molar-refractivity contribution in [3.63, 3.8) is 0 Å². The van der Waals surface area contributed by atoms with Gasteiger partial charge < -0.3 is 9.64 Å². The minimum Gasteiger partial charge on any atom is -0.410 e. The minimum absolute atomic E-state index is 0.374. The van der Waals surface area contributed by atoms with Crippen molar-refractivity contribution in [2.24, 2.45) is 0 Å². The van der Waals surface area contributed by atoms with E-state index in [4.69, 9.17) is 4.74 Å². The summed E-state index contributed by atoms with van der Waals surface area (Å²) in [6.07, 6.45) is -0.374. The predicted octanol–water partition coefficient (Wildman–Crippen LogP) is 1.55. The van der Waals surface area contributed by atoms with E-state index >= 15 is 0 Å². The molecule has 0 N–H and O–H groups in total. The highest BCUT2D eigenvalue weighted by molar-refractivity contribution is 5.69. The fraction of sp³-hybridized carbons (Fsp3) is 0.222. The van der Waals surface area contributed by atoms with Crippen LogP contribution in [0.15, 0.2) is 24.3 Å². The molecule has 0 aliphatic carbocycles. The smallest absolute Gasteiger partial charge is 0.410 e. The summed E-state index contributed by atoms with van der Waals surface area (Å²) in [5, 5.41) is 0. The molecule has 1 aromatic rings. The highest BCUT2D eigenvalue weighted by atomic mass is 16.6. The molecule has 0 atom stereocenters. The number of carbonyl (C=O) groups excluding carboxylic acids is 1. The van der Waals surface area contributed by atoms with Crippen LogP contribution in [-0.4, -0.2) is 25.1 Å². The van der Waals surface area contributed by atoms with Crippen LogP contribution in [-0.2, 0) is 0 Å². The molecule has 0 aliphatic rings. The van der Waals surface area contributed by atoms with E-state index in [0.717, 1.165) is 0 Å². The molecule has 0 aromatic heterocycles. The highest BCUT2D eigenvalue weighted by Crippen LogP contribution is 2.08. The van der Waals surface area contributed by atoms with Crippen LogP contribution in [0.4, 0.5) is 4.79 Å². The van der Waals surface area contributed by atoms with E-state index in [1.165, 1.54) is 4.90 Å². The monoisotopic (exact) mass is 164 g/mol. The van der Waals surface area contributed by atoms with Gasteiger partial charge in [-0.25, -0.2) is 4.79 Å². The van der Waals surface area contributed by atoms with Crippen LogP contribution in [0.2, 0.25) is 0 Å². The molecule has 0 fully saturated rings. The largest absolute Gasteiger partial charge is 0.414 e. The summed E-state index contributed by atoms with van der Waals surface area (Å²) < 4.78 is 4.94. The first-order chi connectivity index (χ1) is 5.70. The summed E-state index contributed by atoms with van der Waals surface area (Å²) in [6.45, 7) is 0. The molecule has 0 unspecified atom stereocenters. The Balaban J connectivity index is 2.59. The van der Waals surface area contributed by atoms with Crippen LogP contribution in [0, 0.1) is 6.07 Å². The molecule has 1 amide bonds. The van der Waals surface area contributed by atoms with E-state index in [0.29, 0.717) is 5.75 Å². The Bertz CT molecular complexity index is 256. The van der Waals surface area contributed by atoms with Gasteiger partial charge in [0, 0.05) is 14.1 Å². The van der Waals surface area contributed by atoms with Crippen LogP contribution in [0.1, 0.15) is 0 Å². The number of benzene rings is 1. The molecule has 1 aromatic carbocycles. The number of hydrogen-bond donors (Lipinski definition) is 0. The third kappa shape index (κ3) is 2.27. The summed E-state index contributed by atoms with van der Waals surface area (Å²) in [4.78, 5) is 12.4. The van der Waals surface area contributed by atoms with E-state index in [1.807, 2.05) is 0 Å². The Hall–Kier alpha value is -1.51. The summed E-state index contributed by atoms with van der Waals surface area (Å²) in [5.41, 5.74) is 0. The van der Waals surface area contributed by atoms with Crippen molar-refractivity contribution in [2.75, 3.05) is 14.1 Å². The van der Waals surface area contributed by atoms with Crippen molar-refractivity contribution in [3.05, 3.63) is 30.3 Å². The van der Waals surface area contributed by atoms with Crippen molar-refractivity contribution in [2.45, 2.75) is 0 Å². The molecule has 0 saturated carbocycles. The number of amides is 1. The summed E-state index contributed by atoms with van der Waals surface area (Å²) in [7, 11) is 3.27. The molecule has 1 radical (unpaired) electrons. The maximum absolute atomic E-state index is 11.0. The van der Waals surface area contributed by atoms with Gasteiger partial charge in [0.15, 0.2) is 0 Å². The van der Waals surface area contributed by atoms with Gasteiger partial charge in [0.25, 0.3) is 0 Å². The summed E-state index contributed by atoms with van der Waals surface area (Å²) in [5.74, 6) is 0.535. The molecule has 0 heterocycles. The Labute approximate surface area is 71.6 Å². The maximum atomic E-state index is 11.0. The van der Waals surface area contributed by atoms with Gasteiger partial charge in [-0.3, -0.25) is 0 Å². The second-order valence-corrected chi connectivity index (χ2v) is 2.50. The maximum Gasteiger partial charge on any atom is 0.414 e. The molecule has 0 bridgehead atoms. The van der Waals surface area contributed by atoms with Crippen molar-refractivity contribution in [3.8, 4) is 5.75 Å². The van der Waals surface area contributed by atoms with E-state index in [2.05, 4.69) is 6.07 Å². The van der Waals surface area contributed by atoms with Crippen molar-refractivity contribution in [1.29, 1.82) is 0 Å². The molecule has 0 spiro atoms. The Morgan fingerprint density at radius 2 is 2.00 bits per heavy atom. The van der Waals surface area contributed by atoms with Gasteiger partial charge in [-0.15, -0.1) is 0 Å².